The molecule has 0 aromatic carbocycles. The average molecular weight is 303 g/mol. The molecule has 0 aromatic heterocycles. The molecule has 2 N–H and O–H groups in total. The van der Waals surface area contributed by atoms with Gasteiger partial charge in [-0.3, -0.25) is 0 Å². The standard InChI is InChI=1S/C19H29NO2/c1-18-9-7-13(21)11-12(18)3-4-14-15-5-6-17(20-22)19(15,2)10-8-16(14)18/h3,13-16,21-22H,4-11H2,1-2H3/b20-17-/t13-,14-,15-,16-,18-,19-/m0/s1. The van der Waals surface area contributed by atoms with Crippen LogP contribution in [0, 0.1) is 28.6 Å². The van der Waals surface area contributed by atoms with Gasteiger partial charge in [0, 0.05) is 5.41 Å². The van der Waals surface area contributed by atoms with E-state index in [1.807, 2.05) is 0 Å². The van der Waals surface area contributed by atoms with E-state index in [9.17, 15) is 10.3 Å². The molecule has 122 valence electrons. The smallest absolute Gasteiger partial charge is 0.0632 e. The normalized spacial score (nSPS) is 52.7. The number of rotatable bonds is 0. The Morgan fingerprint density at radius 1 is 1.09 bits per heavy atom. The van der Waals surface area contributed by atoms with Gasteiger partial charge in [0.05, 0.1) is 11.8 Å². The number of hydrogen-bond acceptors (Lipinski definition) is 3. The number of fused-ring (bicyclic) bond motifs is 5. The van der Waals surface area contributed by atoms with Crippen molar-refractivity contribution in [3.63, 3.8) is 0 Å². The summed E-state index contributed by atoms with van der Waals surface area (Å²) in [5.74, 6) is 2.18. The van der Waals surface area contributed by atoms with Crippen LogP contribution in [0.1, 0.15) is 65.2 Å². The maximum absolute atomic E-state index is 10.0. The summed E-state index contributed by atoms with van der Waals surface area (Å²) < 4.78 is 0. The molecule has 4 rings (SSSR count). The second kappa shape index (κ2) is 4.83. The van der Waals surface area contributed by atoms with Gasteiger partial charge in [0.15, 0.2) is 0 Å². The molecule has 0 saturated heterocycles. The maximum Gasteiger partial charge on any atom is 0.0632 e. The van der Waals surface area contributed by atoms with Crippen LogP contribution in [-0.4, -0.2) is 22.1 Å². The Morgan fingerprint density at radius 3 is 2.59 bits per heavy atom. The molecular weight excluding hydrogens is 274 g/mol. The Bertz CT molecular complexity index is 540. The lowest BCUT2D eigenvalue weighted by Crippen LogP contribution is -2.50. The van der Waals surface area contributed by atoms with Gasteiger partial charge in [-0.25, -0.2) is 0 Å². The number of hydrogen-bond donors (Lipinski definition) is 2. The quantitative estimate of drug-likeness (QED) is 0.401. The molecule has 3 saturated carbocycles. The second-order valence-electron chi connectivity index (χ2n) is 8.70. The van der Waals surface area contributed by atoms with Crippen molar-refractivity contribution in [1.82, 2.24) is 0 Å². The molecule has 0 unspecified atom stereocenters. The molecule has 3 nitrogen and oxygen atoms in total. The van der Waals surface area contributed by atoms with Crippen LogP contribution in [0.15, 0.2) is 16.8 Å². The highest BCUT2D eigenvalue weighted by Crippen LogP contribution is 2.64. The molecular formula is C19H29NO2. The monoisotopic (exact) mass is 303 g/mol. The van der Waals surface area contributed by atoms with Crippen molar-refractivity contribution in [2.24, 2.45) is 33.7 Å². The fourth-order valence-electron chi connectivity index (χ4n) is 6.59. The third kappa shape index (κ3) is 1.81. The van der Waals surface area contributed by atoms with Crippen LogP contribution in [0.3, 0.4) is 0 Å². The van der Waals surface area contributed by atoms with Crippen molar-refractivity contribution < 1.29 is 10.3 Å². The van der Waals surface area contributed by atoms with E-state index in [-0.39, 0.29) is 11.5 Å². The molecule has 0 aliphatic heterocycles. The number of allylic oxidation sites excluding steroid dienone is 1. The SMILES string of the molecule is C[C@]12CC[C@H](O)CC1=CC[C@@H]1[C@@H]2CC[C@]2(C)/C(=N\O)CC[C@@H]12. The predicted molar refractivity (Wildman–Crippen MR) is 86.9 cm³/mol. The highest BCUT2D eigenvalue weighted by Gasteiger charge is 2.57. The molecule has 3 fully saturated rings. The van der Waals surface area contributed by atoms with Crippen LogP contribution >= 0.6 is 0 Å². The molecule has 0 aromatic rings. The first-order valence-corrected chi connectivity index (χ1v) is 9.08. The van der Waals surface area contributed by atoms with E-state index in [0.29, 0.717) is 11.3 Å². The summed E-state index contributed by atoms with van der Waals surface area (Å²) in [6.45, 7) is 4.79. The van der Waals surface area contributed by atoms with Gasteiger partial charge in [-0.1, -0.05) is 30.7 Å². The lowest BCUT2D eigenvalue weighted by molar-refractivity contribution is -0.0213. The van der Waals surface area contributed by atoms with Crippen molar-refractivity contribution in [2.45, 2.75) is 71.3 Å². The summed E-state index contributed by atoms with van der Waals surface area (Å²) >= 11 is 0. The number of aliphatic hydroxyl groups is 1. The van der Waals surface area contributed by atoms with Gasteiger partial charge in [-0.2, -0.15) is 0 Å². The van der Waals surface area contributed by atoms with Crippen LogP contribution in [0.4, 0.5) is 0 Å². The minimum atomic E-state index is -0.121. The Balaban J connectivity index is 1.69. The lowest BCUT2D eigenvalue weighted by Gasteiger charge is -2.57. The molecule has 22 heavy (non-hydrogen) atoms. The summed E-state index contributed by atoms with van der Waals surface area (Å²) in [4.78, 5) is 0. The fourth-order valence-corrected chi connectivity index (χ4v) is 6.59. The van der Waals surface area contributed by atoms with E-state index < -0.39 is 0 Å². The molecule has 0 amide bonds. The first-order valence-electron chi connectivity index (χ1n) is 9.08. The molecule has 0 radical (unpaired) electrons. The molecule has 4 aliphatic rings. The van der Waals surface area contributed by atoms with E-state index in [4.69, 9.17) is 0 Å². The molecule has 3 heteroatoms. The van der Waals surface area contributed by atoms with Crippen molar-refractivity contribution in [2.75, 3.05) is 0 Å². The Hall–Kier alpha value is -0.830. The number of aliphatic hydroxyl groups excluding tert-OH is 1. The van der Waals surface area contributed by atoms with Crippen LogP contribution in [0.5, 0.6) is 0 Å². The van der Waals surface area contributed by atoms with Gasteiger partial charge in [-0.15, -0.1) is 0 Å². The largest absolute Gasteiger partial charge is 0.411 e. The average Bonchev–Trinajstić information content (AvgIpc) is 2.84. The van der Waals surface area contributed by atoms with E-state index >= 15 is 0 Å². The van der Waals surface area contributed by atoms with Gasteiger partial charge in [-0.05, 0) is 74.5 Å². The van der Waals surface area contributed by atoms with Gasteiger partial charge in [0.1, 0.15) is 0 Å². The third-order valence-corrected chi connectivity index (χ3v) is 7.94. The summed E-state index contributed by atoms with van der Waals surface area (Å²) in [5, 5.41) is 23.1. The third-order valence-electron chi connectivity index (χ3n) is 7.94. The number of nitrogens with zero attached hydrogens (tertiary/aromatic N) is 1. The number of oxime groups is 1. The summed E-state index contributed by atoms with van der Waals surface area (Å²) in [6.07, 6.45) is 11.1. The zero-order valence-corrected chi connectivity index (χ0v) is 13.9. The molecule has 0 bridgehead atoms. The highest BCUT2D eigenvalue weighted by atomic mass is 16.4. The van der Waals surface area contributed by atoms with E-state index in [1.54, 1.807) is 0 Å². The Labute approximate surface area is 133 Å². The van der Waals surface area contributed by atoms with Gasteiger partial charge < -0.3 is 10.3 Å². The minimum absolute atomic E-state index is 0.121. The Morgan fingerprint density at radius 2 is 1.82 bits per heavy atom. The fraction of sp³-hybridized carbons (Fsp3) is 0.842. The first kappa shape index (κ1) is 14.7. The van der Waals surface area contributed by atoms with E-state index in [0.717, 1.165) is 43.2 Å². The topological polar surface area (TPSA) is 52.8 Å². The zero-order valence-electron chi connectivity index (χ0n) is 13.9. The first-order chi connectivity index (χ1) is 10.5. The molecule has 4 aliphatic carbocycles. The zero-order chi connectivity index (χ0) is 15.5. The highest BCUT2D eigenvalue weighted by molar-refractivity contribution is 5.92. The maximum atomic E-state index is 10.0. The summed E-state index contributed by atoms with van der Waals surface area (Å²) in [7, 11) is 0. The second-order valence-corrected chi connectivity index (χ2v) is 8.70. The van der Waals surface area contributed by atoms with Crippen molar-refractivity contribution >= 4 is 5.71 Å². The van der Waals surface area contributed by atoms with E-state index in [1.165, 1.54) is 31.3 Å². The molecule has 6 atom stereocenters. The van der Waals surface area contributed by atoms with Gasteiger partial charge in [0.25, 0.3) is 0 Å². The predicted octanol–water partition coefficient (Wildman–Crippen LogP) is 4.14. The van der Waals surface area contributed by atoms with Gasteiger partial charge in [0.2, 0.25) is 0 Å². The summed E-state index contributed by atoms with van der Waals surface area (Å²) in [6, 6.07) is 0. The van der Waals surface area contributed by atoms with Gasteiger partial charge >= 0.3 is 0 Å². The Kier molecular flexibility index (Phi) is 3.24. The van der Waals surface area contributed by atoms with Crippen LogP contribution in [0.25, 0.3) is 0 Å². The van der Waals surface area contributed by atoms with Crippen LogP contribution in [-0.2, 0) is 0 Å². The molecule has 0 heterocycles. The van der Waals surface area contributed by atoms with Crippen LogP contribution < -0.4 is 0 Å². The van der Waals surface area contributed by atoms with Crippen LogP contribution in [0.2, 0.25) is 0 Å². The lowest BCUT2D eigenvalue weighted by atomic mass is 9.48. The van der Waals surface area contributed by atoms with Crippen molar-refractivity contribution in [1.29, 1.82) is 0 Å². The van der Waals surface area contributed by atoms with Crippen molar-refractivity contribution in [3.05, 3.63) is 11.6 Å². The van der Waals surface area contributed by atoms with Crippen molar-refractivity contribution in [3.8, 4) is 0 Å². The van der Waals surface area contributed by atoms with E-state index in [2.05, 4.69) is 25.1 Å². The summed E-state index contributed by atoms with van der Waals surface area (Å²) in [5.41, 5.74) is 3.02. The molecule has 0 spiro atoms. The minimum Gasteiger partial charge on any atom is -0.411 e.